The Kier molecular flexibility index (Phi) is 6.67. The first-order valence-electron chi connectivity index (χ1n) is 17.5. The fourth-order valence-corrected chi connectivity index (χ4v) is 8.14. The van der Waals surface area contributed by atoms with Gasteiger partial charge in [0.05, 0.1) is 22.1 Å². The molecule has 0 fully saturated rings. The van der Waals surface area contributed by atoms with Gasteiger partial charge in [-0.2, -0.15) is 0 Å². The lowest BCUT2D eigenvalue weighted by Gasteiger charge is -2.18. The van der Waals surface area contributed by atoms with E-state index < -0.39 is 0 Å². The van der Waals surface area contributed by atoms with Crippen LogP contribution in [0, 0.1) is 0 Å². The lowest BCUT2D eigenvalue weighted by molar-refractivity contribution is 1.07. The molecule has 2 heteroatoms. The van der Waals surface area contributed by atoms with Crippen molar-refractivity contribution in [2.75, 3.05) is 0 Å². The highest BCUT2D eigenvalue weighted by molar-refractivity contribution is 6.11. The Morgan fingerprint density at radius 3 is 1.34 bits per heavy atom. The molecule has 2 nitrogen and oxygen atoms in total. The molecule has 50 heavy (non-hydrogen) atoms. The van der Waals surface area contributed by atoms with Crippen molar-refractivity contribution in [1.82, 2.24) is 9.13 Å². The molecule has 0 saturated carbocycles. The van der Waals surface area contributed by atoms with Crippen LogP contribution in [0.2, 0.25) is 0 Å². The van der Waals surface area contributed by atoms with Gasteiger partial charge in [-0.25, -0.2) is 0 Å². The molecule has 0 amide bonds. The first-order valence-corrected chi connectivity index (χ1v) is 17.5. The number of fused-ring (bicyclic) bond motifs is 6. The van der Waals surface area contributed by atoms with Crippen LogP contribution in [0.5, 0.6) is 0 Å². The van der Waals surface area contributed by atoms with Crippen LogP contribution in [0.25, 0.3) is 77.3 Å². The molecule has 0 saturated heterocycles. The summed E-state index contributed by atoms with van der Waals surface area (Å²) in [5, 5.41) is 5.14. The fourth-order valence-electron chi connectivity index (χ4n) is 8.14. The van der Waals surface area contributed by atoms with Gasteiger partial charge < -0.3 is 9.13 Å². The first-order chi connectivity index (χ1) is 24.8. The second kappa shape index (κ2) is 11.6. The summed E-state index contributed by atoms with van der Waals surface area (Å²) >= 11 is 0. The number of aromatic nitrogens is 2. The van der Waals surface area contributed by atoms with E-state index in [4.69, 9.17) is 0 Å². The minimum Gasteiger partial charge on any atom is -0.309 e. The minimum absolute atomic E-state index is 1.00. The van der Waals surface area contributed by atoms with E-state index >= 15 is 0 Å². The van der Waals surface area contributed by atoms with E-state index in [1.54, 1.807) is 0 Å². The van der Waals surface area contributed by atoms with Crippen LogP contribution in [0.4, 0.5) is 0 Å². The quantitative estimate of drug-likeness (QED) is 0.178. The summed E-state index contributed by atoms with van der Waals surface area (Å²) in [6.07, 6.45) is 6.72. The Morgan fingerprint density at radius 2 is 0.760 bits per heavy atom. The Morgan fingerprint density at radius 1 is 0.320 bits per heavy atom. The molecule has 0 radical (unpaired) electrons. The number of hydrogen-bond acceptors (Lipinski definition) is 0. The summed E-state index contributed by atoms with van der Waals surface area (Å²) in [5.41, 5.74) is 15.2. The van der Waals surface area contributed by atoms with Crippen molar-refractivity contribution < 1.29 is 0 Å². The summed E-state index contributed by atoms with van der Waals surface area (Å²) in [6, 6.07) is 61.8. The molecule has 0 unspecified atom stereocenters. The number of benzene rings is 7. The number of allylic oxidation sites excluding steroid dienone is 4. The van der Waals surface area contributed by atoms with Gasteiger partial charge in [-0.15, -0.1) is 0 Å². The van der Waals surface area contributed by atoms with Crippen LogP contribution in [0.15, 0.2) is 182 Å². The second-order valence-electron chi connectivity index (χ2n) is 13.3. The SMILES string of the molecule is C1=C(c2ccc3c(c2)c2ccccc2n3-c2ccccc2)CCC(c2ccccc2-c2ccc3c(c2)c2ccccc2n3-c2ccccc2)=C1. The van der Waals surface area contributed by atoms with Crippen LogP contribution in [0.1, 0.15) is 24.0 Å². The predicted molar refractivity (Wildman–Crippen MR) is 212 cm³/mol. The Hall–Kier alpha value is -6.38. The van der Waals surface area contributed by atoms with E-state index in [2.05, 4.69) is 191 Å². The zero-order valence-corrected chi connectivity index (χ0v) is 27.6. The number of hydrogen-bond donors (Lipinski definition) is 0. The van der Waals surface area contributed by atoms with E-state index in [0.717, 1.165) is 12.8 Å². The maximum Gasteiger partial charge on any atom is 0.0541 e. The summed E-state index contributed by atoms with van der Waals surface area (Å²) in [6.45, 7) is 0. The van der Waals surface area contributed by atoms with Gasteiger partial charge in [-0.3, -0.25) is 0 Å². The fraction of sp³-hybridized carbons (Fsp3) is 0.0417. The zero-order chi connectivity index (χ0) is 33.0. The Labute approximate surface area is 291 Å². The Bertz CT molecular complexity index is 2790. The third-order valence-electron chi connectivity index (χ3n) is 10.5. The average Bonchev–Trinajstić information content (AvgIpc) is 3.71. The van der Waals surface area contributed by atoms with Gasteiger partial charge >= 0.3 is 0 Å². The van der Waals surface area contributed by atoms with Crippen molar-refractivity contribution in [3.63, 3.8) is 0 Å². The monoisotopic (exact) mass is 638 g/mol. The highest BCUT2D eigenvalue weighted by Gasteiger charge is 2.18. The van der Waals surface area contributed by atoms with Crippen molar-refractivity contribution in [3.8, 4) is 22.5 Å². The third kappa shape index (κ3) is 4.57. The smallest absolute Gasteiger partial charge is 0.0541 e. The van der Waals surface area contributed by atoms with Gasteiger partial charge in [0.1, 0.15) is 0 Å². The molecule has 1 aliphatic carbocycles. The molecule has 2 aromatic heterocycles. The van der Waals surface area contributed by atoms with E-state index in [1.165, 1.54) is 88.4 Å². The van der Waals surface area contributed by atoms with Crippen LogP contribution in [-0.2, 0) is 0 Å². The average molecular weight is 639 g/mol. The van der Waals surface area contributed by atoms with E-state index in [0.29, 0.717) is 0 Å². The third-order valence-corrected chi connectivity index (χ3v) is 10.5. The largest absolute Gasteiger partial charge is 0.309 e. The summed E-state index contributed by atoms with van der Waals surface area (Å²) < 4.78 is 4.77. The molecule has 9 aromatic rings. The van der Waals surface area contributed by atoms with Crippen molar-refractivity contribution in [1.29, 1.82) is 0 Å². The molecule has 0 aliphatic heterocycles. The molecule has 0 N–H and O–H groups in total. The summed E-state index contributed by atoms with van der Waals surface area (Å²) in [4.78, 5) is 0. The van der Waals surface area contributed by atoms with Crippen molar-refractivity contribution >= 4 is 54.8 Å². The molecule has 1 aliphatic rings. The maximum atomic E-state index is 2.40. The lowest BCUT2D eigenvalue weighted by atomic mass is 9.86. The molecule has 2 heterocycles. The molecule has 7 aromatic carbocycles. The minimum atomic E-state index is 1.00. The van der Waals surface area contributed by atoms with Gasteiger partial charge in [0, 0.05) is 32.9 Å². The van der Waals surface area contributed by atoms with Gasteiger partial charge in [0.2, 0.25) is 0 Å². The van der Waals surface area contributed by atoms with Crippen LogP contribution >= 0.6 is 0 Å². The molecule has 0 spiro atoms. The molecular weight excluding hydrogens is 605 g/mol. The van der Waals surface area contributed by atoms with Crippen molar-refractivity contribution in [2.45, 2.75) is 12.8 Å². The number of para-hydroxylation sites is 4. The van der Waals surface area contributed by atoms with Gasteiger partial charge in [0.25, 0.3) is 0 Å². The summed E-state index contributed by atoms with van der Waals surface area (Å²) in [5.74, 6) is 0. The molecular formula is C48H34N2. The molecule has 10 rings (SSSR count). The van der Waals surface area contributed by atoms with E-state index in [1.807, 2.05) is 0 Å². The van der Waals surface area contributed by atoms with E-state index in [9.17, 15) is 0 Å². The van der Waals surface area contributed by atoms with Crippen LogP contribution in [0.3, 0.4) is 0 Å². The topological polar surface area (TPSA) is 9.86 Å². The summed E-state index contributed by atoms with van der Waals surface area (Å²) in [7, 11) is 0. The predicted octanol–water partition coefficient (Wildman–Crippen LogP) is 12.8. The maximum absolute atomic E-state index is 2.40. The van der Waals surface area contributed by atoms with Crippen LogP contribution < -0.4 is 0 Å². The van der Waals surface area contributed by atoms with Gasteiger partial charge in [-0.1, -0.05) is 121 Å². The van der Waals surface area contributed by atoms with Gasteiger partial charge in [-0.05, 0) is 107 Å². The van der Waals surface area contributed by atoms with Crippen LogP contribution in [-0.4, -0.2) is 9.13 Å². The molecule has 0 bridgehead atoms. The zero-order valence-electron chi connectivity index (χ0n) is 27.6. The molecule has 236 valence electrons. The second-order valence-corrected chi connectivity index (χ2v) is 13.3. The van der Waals surface area contributed by atoms with E-state index in [-0.39, 0.29) is 0 Å². The highest BCUT2D eigenvalue weighted by atomic mass is 15.0. The van der Waals surface area contributed by atoms with Crippen molar-refractivity contribution in [3.05, 3.63) is 193 Å². The highest BCUT2D eigenvalue weighted by Crippen LogP contribution is 2.41. The number of rotatable bonds is 5. The number of nitrogens with zero attached hydrogens (tertiary/aromatic N) is 2. The lowest BCUT2D eigenvalue weighted by Crippen LogP contribution is -1.97. The first kappa shape index (κ1) is 28.6. The van der Waals surface area contributed by atoms with Gasteiger partial charge in [0.15, 0.2) is 0 Å². The van der Waals surface area contributed by atoms with Crippen molar-refractivity contribution in [2.24, 2.45) is 0 Å². The standard InChI is InChI=1S/C48H34N2/c1-3-13-37(14-4-1)49-45-21-11-9-19-41(45)43-31-35(27-29-47(43)49)33-23-25-34(26-24-33)39-17-7-8-18-40(39)36-28-30-48-44(32-36)42-20-10-12-22-46(42)50(48)38-15-5-2-6-16-38/h1-23,25,27-32H,24,26H2. The normalized spacial score (nSPS) is 13.3. The Balaban J connectivity index is 1.04. The molecule has 0 atom stereocenters.